The predicted molar refractivity (Wildman–Crippen MR) is 67.6 cm³/mol. The maximum atomic E-state index is 6.24. The van der Waals surface area contributed by atoms with Crippen LogP contribution in [0.15, 0.2) is 24.5 Å². The molecule has 4 heteroatoms. The minimum absolute atomic E-state index is 0.00667. The van der Waals surface area contributed by atoms with Crippen LogP contribution in [0.3, 0.4) is 0 Å². The number of pyridine rings is 1. The molecule has 1 atom stereocenters. The summed E-state index contributed by atoms with van der Waals surface area (Å²) in [4.78, 5) is 4.08. The van der Waals surface area contributed by atoms with Crippen LogP contribution in [0.25, 0.3) is 0 Å². The molecular weight excluding hydrogens is 212 g/mol. The highest BCUT2D eigenvalue weighted by Crippen LogP contribution is 2.18. The van der Waals surface area contributed by atoms with Gasteiger partial charge < -0.3 is 5.73 Å². The summed E-state index contributed by atoms with van der Waals surface area (Å²) in [6.45, 7) is 4.03. The molecule has 0 aromatic carbocycles. The summed E-state index contributed by atoms with van der Waals surface area (Å²) < 4.78 is 1.89. The monoisotopic (exact) mass is 230 g/mol. The molecule has 2 rings (SSSR count). The maximum Gasteiger partial charge on any atom is 0.0596 e. The highest BCUT2D eigenvalue weighted by atomic mass is 15.3. The maximum absolute atomic E-state index is 6.24. The number of hydrogen-bond acceptors (Lipinski definition) is 3. The molecule has 2 aromatic rings. The summed E-state index contributed by atoms with van der Waals surface area (Å²) >= 11 is 0. The van der Waals surface area contributed by atoms with Gasteiger partial charge in [0.05, 0.1) is 5.69 Å². The molecule has 4 nitrogen and oxygen atoms in total. The van der Waals surface area contributed by atoms with Gasteiger partial charge in [0, 0.05) is 37.6 Å². The third-order valence-electron chi connectivity index (χ3n) is 2.99. The second-order valence-corrected chi connectivity index (χ2v) is 4.44. The van der Waals surface area contributed by atoms with Crippen molar-refractivity contribution in [2.75, 3.05) is 0 Å². The largest absolute Gasteiger partial charge is 0.324 e. The third kappa shape index (κ3) is 2.53. The smallest absolute Gasteiger partial charge is 0.0596 e. The normalized spacial score (nSPS) is 12.7. The molecule has 0 bridgehead atoms. The van der Waals surface area contributed by atoms with Crippen molar-refractivity contribution in [3.8, 4) is 0 Å². The molecule has 0 saturated heterocycles. The number of nitrogens with zero attached hydrogens (tertiary/aromatic N) is 3. The van der Waals surface area contributed by atoms with E-state index in [1.807, 2.05) is 37.8 Å². The molecule has 0 saturated carbocycles. The zero-order chi connectivity index (χ0) is 12.4. The van der Waals surface area contributed by atoms with Gasteiger partial charge in [-0.2, -0.15) is 5.10 Å². The fraction of sp³-hybridized carbons (Fsp3) is 0.385. The quantitative estimate of drug-likeness (QED) is 0.872. The molecule has 2 heterocycles. The molecule has 0 amide bonds. The Morgan fingerprint density at radius 1 is 1.41 bits per heavy atom. The van der Waals surface area contributed by atoms with Crippen molar-refractivity contribution >= 4 is 0 Å². The van der Waals surface area contributed by atoms with E-state index < -0.39 is 0 Å². The van der Waals surface area contributed by atoms with Crippen LogP contribution in [-0.2, 0) is 13.5 Å². The van der Waals surface area contributed by atoms with Crippen LogP contribution in [0.1, 0.15) is 28.6 Å². The second-order valence-electron chi connectivity index (χ2n) is 4.44. The first-order valence-electron chi connectivity index (χ1n) is 5.73. The van der Waals surface area contributed by atoms with Crippen molar-refractivity contribution in [1.29, 1.82) is 0 Å². The van der Waals surface area contributed by atoms with E-state index in [1.54, 1.807) is 6.20 Å². The molecular formula is C13H18N4. The van der Waals surface area contributed by atoms with E-state index in [0.717, 1.165) is 28.9 Å². The highest BCUT2D eigenvalue weighted by molar-refractivity contribution is 5.26. The Labute approximate surface area is 101 Å². The van der Waals surface area contributed by atoms with Crippen molar-refractivity contribution < 1.29 is 0 Å². The van der Waals surface area contributed by atoms with Gasteiger partial charge in [0.2, 0.25) is 0 Å². The lowest BCUT2D eigenvalue weighted by atomic mass is 10.00. The van der Waals surface area contributed by atoms with Crippen LogP contribution >= 0.6 is 0 Å². The Balaban J connectivity index is 2.20. The zero-order valence-electron chi connectivity index (χ0n) is 10.5. The molecule has 17 heavy (non-hydrogen) atoms. The average Bonchev–Trinajstić information content (AvgIpc) is 2.58. The van der Waals surface area contributed by atoms with Gasteiger partial charge in [0.15, 0.2) is 0 Å². The summed E-state index contributed by atoms with van der Waals surface area (Å²) in [7, 11) is 1.95. The molecule has 0 aliphatic heterocycles. The lowest BCUT2D eigenvalue weighted by molar-refractivity contribution is 0.637. The molecule has 2 N–H and O–H groups in total. The molecule has 0 spiro atoms. The van der Waals surface area contributed by atoms with Gasteiger partial charge in [0.25, 0.3) is 0 Å². The molecule has 0 aliphatic rings. The topological polar surface area (TPSA) is 56.7 Å². The standard InChI is InChI=1S/C13H18N4/c1-9-8-15-5-4-12(9)13(14)7-11-6-10(2)16-17(11)3/h4-6,8,13H,7,14H2,1-3H3. The second kappa shape index (κ2) is 4.67. The number of rotatable bonds is 3. The van der Waals surface area contributed by atoms with Crippen LogP contribution in [0.4, 0.5) is 0 Å². The minimum Gasteiger partial charge on any atom is -0.324 e. The Kier molecular flexibility index (Phi) is 3.24. The molecule has 0 radical (unpaired) electrons. The van der Waals surface area contributed by atoms with E-state index in [-0.39, 0.29) is 6.04 Å². The number of aromatic nitrogens is 3. The first kappa shape index (κ1) is 11.8. The van der Waals surface area contributed by atoms with E-state index in [1.165, 1.54) is 0 Å². The van der Waals surface area contributed by atoms with Gasteiger partial charge in [-0.25, -0.2) is 0 Å². The van der Waals surface area contributed by atoms with Crippen molar-refractivity contribution in [2.45, 2.75) is 26.3 Å². The van der Waals surface area contributed by atoms with Crippen LogP contribution in [0.2, 0.25) is 0 Å². The van der Waals surface area contributed by atoms with Gasteiger partial charge in [-0.1, -0.05) is 0 Å². The van der Waals surface area contributed by atoms with Crippen molar-refractivity contribution in [2.24, 2.45) is 12.8 Å². The summed E-state index contributed by atoms with van der Waals surface area (Å²) in [5.74, 6) is 0. The number of aryl methyl sites for hydroxylation is 3. The Hall–Kier alpha value is -1.68. The van der Waals surface area contributed by atoms with Crippen molar-refractivity contribution in [3.63, 3.8) is 0 Å². The van der Waals surface area contributed by atoms with Gasteiger partial charge in [-0.15, -0.1) is 0 Å². The van der Waals surface area contributed by atoms with E-state index in [0.29, 0.717) is 0 Å². The average molecular weight is 230 g/mol. The highest BCUT2D eigenvalue weighted by Gasteiger charge is 2.12. The van der Waals surface area contributed by atoms with E-state index in [2.05, 4.69) is 16.1 Å². The van der Waals surface area contributed by atoms with E-state index in [4.69, 9.17) is 5.73 Å². The Morgan fingerprint density at radius 3 is 2.76 bits per heavy atom. The Morgan fingerprint density at radius 2 is 2.18 bits per heavy atom. The molecule has 2 aromatic heterocycles. The predicted octanol–water partition coefficient (Wildman–Crippen LogP) is 1.67. The Bertz CT molecular complexity index is 516. The van der Waals surface area contributed by atoms with Crippen LogP contribution in [-0.4, -0.2) is 14.8 Å². The number of nitrogens with two attached hydrogens (primary N) is 1. The first-order chi connectivity index (χ1) is 8.08. The molecule has 0 fully saturated rings. The SMILES string of the molecule is Cc1cc(CC(N)c2ccncc2C)n(C)n1. The number of hydrogen-bond donors (Lipinski definition) is 1. The molecule has 0 aliphatic carbocycles. The van der Waals surface area contributed by atoms with Gasteiger partial charge in [-0.05, 0) is 37.1 Å². The summed E-state index contributed by atoms with van der Waals surface area (Å²) in [5, 5.41) is 4.33. The first-order valence-corrected chi connectivity index (χ1v) is 5.73. The summed E-state index contributed by atoms with van der Waals surface area (Å²) in [6.07, 6.45) is 4.43. The fourth-order valence-electron chi connectivity index (χ4n) is 2.09. The summed E-state index contributed by atoms with van der Waals surface area (Å²) in [5.41, 5.74) is 10.7. The summed E-state index contributed by atoms with van der Waals surface area (Å²) in [6, 6.07) is 4.06. The minimum atomic E-state index is -0.00667. The fourth-order valence-corrected chi connectivity index (χ4v) is 2.09. The van der Waals surface area contributed by atoms with Gasteiger partial charge >= 0.3 is 0 Å². The molecule has 1 unspecified atom stereocenters. The lowest BCUT2D eigenvalue weighted by Gasteiger charge is -2.14. The van der Waals surface area contributed by atoms with E-state index >= 15 is 0 Å². The van der Waals surface area contributed by atoms with Crippen LogP contribution in [0, 0.1) is 13.8 Å². The third-order valence-corrected chi connectivity index (χ3v) is 2.99. The van der Waals surface area contributed by atoms with Crippen LogP contribution < -0.4 is 5.73 Å². The van der Waals surface area contributed by atoms with Gasteiger partial charge in [-0.3, -0.25) is 9.67 Å². The molecule has 90 valence electrons. The lowest BCUT2D eigenvalue weighted by Crippen LogP contribution is -2.16. The van der Waals surface area contributed by atoms with Crippen molar-refractivity contribution in [1.82, 2.24) is 14.8 Å². The van der Waals surface area contributed by atoms with E-state index in [9.17, 15) is 0 Å². The van der Waals surface area contributed by atoms with Crippen molar-refractivity contribution in [3.05, 3.63) is 47.0 Å². The zero-order valence-corrected chi connectivity index (χ0v) is 10.5. The van der Waals surface area contributed by atoms with Gasteiger partial charge in [0.1, 0.15) is 0 Å². The van der Waals surface area contributed by atoms with Crippen LogP contribution in [0.5, 0.6) is 0 Å².